The normalized spacial score (nSPS) is 10.9. The van der Waals surface area contributed by atoms with Crippen molar-refractivity contribution >= 4 is 23.5 Å². The first kappa shape index (κ1) is 25.2. The van der Waals surface area contributed by atoms with Gasteiger partial charge in [0, 0.05) is 18.5 Å². The number of hydrogen-bond acceptors (Lipinski definition) is 3. The summed E-state index contributed by atoms with van der Waals surface area (Å²) in [7, 11) is 0. The minimum atomic E-state index is -2.66. The Bertz CT molecular complexity index is 1210. The number of aryl methyl sites for hydroxylation is 3. The van der Waals surface area contributed by atoms with Crippen LogP contribution < -0.4 is 10.1 Å². The van der Waals surface area contributed by atoms with Crippen LogP contribution in [0.5, 0.6) is 11.5 Å². The average molecular weight is 488 g/mol. The molecule has 0 aliphatic rings. The summed E-state index contributed by atoms with van der Waals surface area (Å²) in [6.45, 7) is 4.00. The van der Waals surface area contributed by atoms with E-state index in [-0.39, 0.29) is 29.1 Å². The fourth-order valence-electron chi connectivity index (χ4n) is 3.50. The van der Waals surface area contributed by atoms with Gasteiger partial charge in [-0.05, 0) is 78.9 Å². The second-order valence-electron chi connectivity index (χ2n) is 7.96. The summed E-state index contributed by atoms with van der Waals surface area (Å²) in [4.78, 5) is 23.3. The zero-order valence-electron chi connectivity index (χ0n) is 18.7. The molecular weight excluding hydrogens is 464 g/mol. The van der Waals surface area contributed by atoms with Crippen molar-refractivity contribution in [2.24, 2.45) is 0 Å². The van der Waals surface area contributed by atoms with Gasteiger partial charge < -0.3 is 15.2 Å². The lowest BCUT2D eigenvalue weighted by Crippen LogP contribution is -2.23. The molecule has 0 fully saturated rings. The molecule has 0 atom stereocenters. The van der Waals surface area contributed by atoms with Crippen molar-refractivity contribution in [3.05, 3.63) is 93.0 Å². The third kappa shape index (κ3) is 6.78. The van der Waals surface area contributed by atoms with E-state index in [1.165, 1.54) is 12.1 Å². The molecule has 1 amide bonds. The first-order valence-electron chi connectivity index (χ1n) is 10.6. The first-order chi connectivity index (χ1) is 16.1. The van der Waals surface area contributed by atoms with Crippen LogP contribution in [0.2, 0.25) is 5.02 Å². The van der Waals surface area contributed by atoms with Crippen LogP contribution in [0.3, 0.4) is 0 Å². The van der Waals surface area contributed by atoms with E-state index in [0.717, 1.165) is 28.3 Å². The van der Waals surface area contributed by atoms with Crippen molar-refractivity contribution in [1.29, 1.82) is 0 Å². The van der Waals surface area contributed by atoms with Crippen LogP contribution in [0, 0.1) is 13.8 Å². The maximum atomic E-state index is 12.8. The second kappa shape index (κ2) is 11.1. The lowest BCUT2D eigenvalue weighted by atomic mass is 10.0. The molecule has 0 bridgehead atoms. The zero-order valence-corrected chi connectivity index (χ0v) is 19.5. The van der Waals surface area contributed by atoms with Gasteiger partial charge in [-0.3, -0.25) is 9.59 Å². The SMILES string of the molecule is Cc1cc(CNC(=O)c2ccc(C(F)F)cc2Cl)cc(Oc2ccc(CCC(=O)O)c(C)c2)c1. The number of carbonyl (C=O) groups excluding carboxylic acids is 1. The first-order valence-corrected chi connectivity index (χ1v) is 11.0. The summed E-state index contributed by atoms with van der Waals surface area (Å²) in [5.74, 6) is -0.113. The number of benzene rings is 3. The van der Waals surface area contributed by atoms with E-state index in [1.54, 1.807) is 12.1 Å². The highest BCUT2D eigenvalue weighted by Crippen LogP contribution is 2.27. The number of carboxylic acid groups (broad SMARTS) is 1. The number of carboxylic acids is 1. The molecular formula is C26H24ClF2NO4. The van der Waals surface area contributed by atoms with E-state index in [2.05, 4.69) is 5.32 Å². The van der Waals surface area contributed by atoms with E-state index < -0.39 is 18.3 Å². The average Bonchev–Trinajstić information content (AvgIpc) is 2.76. The van der Waals surface area contributed by atoms with Crippen molar-refractivity contribution in [1.82, 2.24) is 5.32 Å². The van der Waals surface area contributed by atoms with Gasteiger partial charge in [-0.15, -0.1) is 0 Å². The molecule has 3 aromatic rings. The monoisotopic (exact) mass is 487 g/mol. The largest absolute Gasteiger partial charge is 0.481 e. The number of halogens is 3. The summed E-state index contributed by atoms with van der Waals surface area (Å²) in [6, 6.07) is 14.6. The maximum Gasteiger partial charge on any atom is 0.303 e. The Hall–Kier alpha value is -3.45. The molecule has 0 radical (unpaired) electrons. The highest BCUT2D eigenvalue weighted by atomic mass is 35.5. The summed E-state index contributed by atoms with van der Waals surface area (Å²) in [5.41, 5.74) is 3.48. The molecule has 0 aliphatic carbocycles. The van der Waals surface area contributed by atoms with Crippen LogP contribution in [0.1, 0.15) is 51.0 Å². The number of ether oxygens (including phenoxy) is 1. The zero-order chi connectivity index (χ0) is 24.8. The Balaban J connectivity index is 1.68. The lowest BCUT2D eigenvalue weighted by Gasteiger charge is -2.13. The number of hydrogen-bond donors (Lipinski definition) is 2. The van der Waals surface area contributed by atoms with Crippen LogP contribution in [-0.2, 0) is 17.8 Å². The van der Waals surface area contributed by atoms with Crippen LogP contribution in [0.25, 0.3) is 0 Å². The molecule has 5 nitrogen and oxygen atoms in total. The highest BCUT2D eigenvalue weighted by molar-refractivity contribution is 6.33. The van der Waals surface area contributed by atoms with Gasteiger partial charge in [0.25, 0.3) is 12.3 Å². The molecule has 0 spiro atoms. The topological polar surface area (TPSA) is 75.6 Å². The Morgan fingerprint density at radius 1 is 1.03 bits per heavy atom. The standard InChI is InChI=1S/C26H24ClF2NO4/c1-15-9-17(14-30-26(33)22-7-4-19(25(28)29)13-23(22)27)12-21(10-15)34-20-6-3-18(16(2)11-20)5-8-24(31)32/h3-4,6-7,9-13,25H,5,8,14H2,1-2H3,(H,30,33)(H,31,32). The molecule has 3 rings (SSSR count). The fourth-order valence-corrected chi connectivity index (χ4v) is 3.78. The van der Waals surface area contributed by atoms with Crippen LogP contribution in [0.15, 0.2) is 54.6 Å². The van der Waals surface area contributed by atoms with Crippen LogP contribution in [0.4, 0.5) is 8.78 Å². The van der Waals surface area contributed by atoms with Gasteiger partial charge in [-0.2, -0.15) is 0 Å². The fraction of sp³-hybridized carbons (Fsp3) is 0.231. The van der Waals surface area contributed by atoms with Crippen molar-refractivity contribution in [2.45, 2.75) is 39.7 Å². The molecule has 3 aromatic carbocycles. The van der Waals surface area contributed by atoms with E-state index in [0.29, 0.717) is 17.9 Å². The summed E-state index contributed by atoms with van der Waals surface area (Å²) >= 11 is 6.01. The maximum absolute atomic E-state index is 12.8. The predicted octanol–water partition coefficient (Wildman–Crippen LogP) is 6.63. The van der Waals surface area contributed by atoms with Gasteiger partial charge in [-0.25, -0.2) is 8.78 Å². The minimum absolute atomic E-state index is 0.0364. The number of aliphatic carboxylic acids is 1. The van der Waals surface area contributed by atoms with Crippen molar-refractivity contribution in [3.63, 3.8) is 0 Å². The Labute approximate surface area is 201 Å². The molecule has 0 aromatic heterocycles. The van der Waals surface area contributed by atoms with E-state index >= 15 is 0 Å². The van der Waals surface area contributed by atoms with Gasteiger partial charge >= 0.3 is 5.97 Å². The van der Waals surface area contributed by atoms with Crippen molar-refractivity contribution in [2.75, 3.05) is 0 Å². The minimum Gasteiger partial charge on any atom is -0.481 e. The summed E-state index contributed by atoms with van der Waals surface area (Å²) < 4.78 is 31.6. The number of nitrogens with one attached hydrogen (secondary N) is 1. The quantitative estimate of drug-likeness (QED) is 0.355. The Kier molecular flexibility index (Phi) is 8.23. The summed E-state index contributed by atoms with van der Waals surface area (Å²) in [5, 5.41) is 11.6. The Morgan fingerprint density at radius 2 is 1.79 bits per heavy atom. The molecule has 178 valence electrons. The molecule has 0 saturated carbocycles. The third-order valence-electron chi connectivity index (χ3n) is 5.21. The van der Waals surface area contributed by atoms with Gasteiger partial charge in [0.1, 0.15) is 11.5 Å². The second-order valence-corrected chi connectivity index (χ2v) is 8.37. The summed E-state index contributed by atoms with van der Waals surface area (Å²) in [6.07, 6.45) is -2.15. The molecule has 0 heterocycles. The van der Waals surface area contributed by atoms with Crippen LogP contribution in [-0.4, -0.2) is 17.0 Å². The molecule has 2 N–H and O–H groups in total. The van der Waals surface area contributed by atoms with Gasteiger partial charge in [-0.1, -0.05) is 29.8 Å². The predicted molar refractivity (Wildman–Crippen MR) is 126 cm³/mol. The number of rotatable bonds is 9. The molecule has 8 heteroatoms. The molecule has 0 aliphatic heterocycles. The van der Waals surface area contributed by atoms with Gasteiger partial charge in [0.2, 0.25) is 0 Å². The van der Waals surface area contributed by atoms with Crippen molar-refractivity contribution < 1.29 is 28.2 Å². The Morgan fingerprint density at radius 3 is 2.44 bits per heavy atom. The number of alkyl halides is 2. The number of amides is 1. The van der Waals surface area contributed by atoms with Gasteiger partial charge in [0.05, 0.1) is 10.6 Å². The van der Waals surface area contributed by atoms with Crippen molar-refractivity contribution in [3.8, 4) is 11.5 Å². The molecule has 34 heavy (non-hydrogen) atoms. The molecule has 0 saturated heterocycles. The number of carbonyl (C=O) groups is 2. The molecule has 0 unspecified atom stereocenters. The van der Waals surface area contributed by atoms with Gasteiger partial charge in [0.15, 0.2) is 0 Å². The lowest BCUT2D eigenvalue weighted by molar-refractivity contribution is -0.136. The van der Waals surface area contributed by atoms with Crippen LogP contribution >= 0.6 is 11.6 Å². The van der Waals surface area contributed by atoms with E-state index in [4.69, 9.17) is 21.4 Å². The van der Waals surface area contributed by atoms with E-state index in [1.807, 2.05) is 38.1 Å². The highest BCUT2D eigenvalue weighted by Gasteiger charge is 2.15. The van der Waals surface area contributed by atoms with E-state index in [9.17, 15) is 18.4 Å². The smallest absolute Gasteiger partial charge is 0.303 e. The third-order valence-corrected chi connectivity index (χ3v) is 5.52.